The molecule has 0 radical (unpaired) electrons. The van der Waals surface area contributed by atoms with Crippen LogP contribution in [0.15, 0.2) is 0 Å². The highest BCUT2D eigenvalue weighted by atomic mass is 35.5. The van der Waals surface area contributed by atoms with Crippen molar-refractivity contribution in [1.82, 2.24) is 10.2 Å². The predicted octanol–water partition coefficient (Wildman–Crippen LogP) is 1.91. The van der Waals surface area contributed by atoms with Gasteiger partial charge >= 0.3 is 0 Å². The first-order valence-corrected chi connectivity index (χ1v) is 7.88. The molecule has 2 fully saturated rings. The molecule has 1 heterocycles. The minimum Gasteiger partial charge on any atom is -0.353 e. The van der Waals surface area contributed by atoms with Gasteiger partial charge in [0.25, 0.3) is 0 Å². The first-order valence-electron chi connectivity index (χ1n) is 7.35. The van der Waals surface area contributed by atoms with Gasteiger partial charge in [-0.05, 0) is 25.7 Å². The van der Waals surface area contributed by atoms with Crippen LogP contribution in [0.4, 0.5) is 0 Å². The number of likely N-dealkylation sites (tertiary alicyclic amines) is 1. The summed E-state index contributed by atoms with van der Waals surface area (Å²) in [5, 5.41) is 3.16. The zero-order valence-electron chi connectivity index (χ0n) is 11.4. The number of carbonyl (C=O) groups excluding carboxylic acids is 2. The molecule has 19 heavy (non-hydrogen) atoms. The summed E-state index contributed by atoms with van der Waals surface area (Å²) in [6.45, 7) is 1.42. The number of rotatable bonds is 3. The molecule has 1 aliphatic heterocycles. The Labute approximate surface area is 119 Å². The van der Waals surface area contributed by atoms with E-state index in [4.69, 9.17) is 11.6 Å². The van der Waals surface area contributed by atoms with E-state index in [1.54, 1.807) is 4.90 Å². The molecule has 1 saturated heterocycles. The molecule has 0 aromatic carbocycles. The Morgan fingerprint density at radius 3 is 2.26 bits per heavy atom. The summed E-state index contributed by atoms with van der Waals surface area (Å²) in [5.74, 6) is 0.496. The highest BCUT2D eigenvalue weighted by molar-refractivity contribution is 6.27. The SMILES string of the molecule is O=C(NC1CCN(C(=O)CCl)CC1)C1CCCCC1. The van der Waals surface area contributed by atoms with Crippen molar-refractivity contribution in [2.45, 2.75) is 51.0 Å². The van der Waals surface area contributed by atoms with E-state index in [1.807, 2.05) is 0 Å². The lowest BCUT2D eigenvalue weighted by Crippen LogP contribution is -2.48. The number of nitrogens with zero attached hydrogens (tertiary/aromatic N) is 1. The van der Waals surface area contributed by atoms with Gasteiger partial charge in [-0.15, -0.1) is 11.6 Å². The summed E-state index contributed by atoms with van der Waals surface area (Å²) in [4.78, 5) is 25.4. The number of hydrogen-bond acceptors (Lipinski definition) is 2. The van der Waals surface area contributed by atoms with Gasteiger partial charge in [0.05, 0.1) is 0 Å². The molecule has 0 unspecified atom stereocenters. The van der Waals surface area contributed by atoms with Gasteiger partial charge in [-0.25, -0.2) is 0 Å². The summed E-state index contributed by atoms with van der Waals surface area (Å²) >= 11 is 5.55. The average molecular weight is 287 g/mol. The molecule has 0 atom stereocenters. The van der Waals surface area contributed by atoms with Gasteiger partial charge in [0.2, 0.25) is 11.8 Å². The van der Waals surface area contributed by atoms with Crippen molar-refractivity contribution < 1.29 is 9.59 Å². The van der Waals surface area contributed by atoms with Gasteiger partial charge in [-0.3, -0.25) is 9.59 Å². The molecule has 2 aliphatic rings. The largest absolute Gasteiger partial charge is 0.353 e. The first kappa shape index (κ1) is 14.6. The number of alkyl halides is 1. The molecule has 0 aromatic heterocycles. The second kappa shape index (κ2) is 7.13. The molecular formula is C14H23ClN2O2. The van der Waals surface area contributed by atoms with Crippen LogP contribution in [-0.4, -0.2) is 41.7 Å². The zero-order valence-corrected chi connectivity index (χ0v) is 12.1. The van der Waals surface area contributed by atoms with Crippen molar-refractivity contribution in [3.05, 3.63) is 0 Å². The van der Waals surface area contributed by atoms with Crippen LogP contribution in [0.3, 0.4) is 0 Å². The normalized spacial score (nSPS) is 22.3. The van der Waals surface area contributed by atoms with Crippen LogP contribution in [0.5, 0.6) is 0 Å². The summed E-state index contributed by atoms with van der Waals surface area (Å²) < 4.78 is 0. The van der Waals surface area contributed by atoms with E-state index < -0.39 is 0 Å². The predicted molar refractivity (Wildman–Crippen MR) is 75.0 cm³/mol. The van der Waals surface area contributed by atoms with E-state index in [-0.39, 0.29) is 29.7 Å². The molecule has 1 aliphatic carbocycles. The van der Waals surface area contributed by atoms with Gasteiger partial charge < -0.3 is 10.2 Å². The van der Waals surface area contributed by atoms with Crippen LogP contribution in [0.1, 0.15) is 44.9 Å². The van der Waals surface area contributed by atoms with Crippen molar-refractivity contribution in [2.75, 3.05) is 19.0 Å². The van der Waals surface area contributed by atoms with Gasteiger partial charge in [0.1, 0.15) is 5.88 Å². The van der Waals surface area contributed by atoms with Gasteiger partial charge in [-0.2, -0.15) is 0 Å². The first-order chi connectivity index (χ1) is 9.20. The molecule has 5 heteroatoms. The Morgan fingerprint density at radius 1 is 1.05 bits per heavy atom. The minimum absolute atomic E-state index is 0.00118. The monoisotopic (exact) mass is 286 g/mol. The van der Waals surface area contributed by atoms with Crippen LogP contribution in [-0.2, 0) is 9.59 Å². The Kier molecular flexibility index (Phi) is 5.49. The van der Waals surface area contributed by atoms with Crippen molar-refractivity contribution in [2.24, 2.45) is 5.92 Å². The third-order valence-electron chi connectivity index (χ3n) is 4.28. The van der Waals surface area contributed by atoms with E-state index >= 15 is 0 Å². The standard InChI is InChI=1S/C14H23ClN2O2/c15-10-13(18)17-8-6-12(7-9-17)16-14(19)11-4-2-1-3-5-11/h11-12H,1-10H2,(H,16,19). The Bertz CT molecular complexity index is 321. The maximum Gasteiger partial charge on any atom is 0.237 e. The van der Waals surface area contributed by atoms with Crippen LogP contribution in [0, 0.1) is 5.92 Å². The van der Waals surface area contributed by atoms with E-state index in [0.717, 1.165) is 25.7 Å². The van der Waals surface area contributed by atoms with E-state index in [0.29, 0.717) is 13.1 Å². The third-order valence-corrected chi connectivity index (χ3v) is 4.51. The number of hydrogen-bond donors (Lipinski definition) is 1. The lowest BCUT2D eigenvalue weighted by Gasteiger charge is -2.33. The van der Waals surface area contributed by atoms with Crippen molar-refractivity contribution in [1.29, 1.82) is 0 Å². The van der Waals surface area contributed by atoms with E-state index in [2.05, 4.69) is 5.32 Å². The Morgan fingerprint density at radius 2 is 1.68 bits per heavy atom. The van der Waals surface area contributed by atoms with Gasteiger partial charge in [0.15, 0.2) is 0 Å². The Balaban J connectivity index is 1.72. The van der Waals surface area contributed by atoms with Crippen LogP contribution in [0.2, 0.25) is 0 Å². The smallest absolute Gasteiger partial charge is 0.237 e. The number of halogens is 1. The summed E-state index contributed by atoms with van der Waals surface area (Å²) in [5.41, 5.74) is 0. The van der Waals surface area contributed by atoms with Crippen molar-refractivity contribution >= 4 is 23.4 Å². The summed E-state index contributed by atoms with van der Waals surface area (Å²) in [7, 11) is 0. The van der Waals surface area contributed by atoms with Gasteiger partial charge in [0, 0.05) is 25.0 Å². The Hall–Kier alpha value is -0.770. The number of nitrogens with one attached hydrogen (secondary N) is 1. The maximum absolute atomic E-state index is 12.1. The maximum atomic E-state index is 12.1. The molecule has 1 N–H and O–H groups in total. The van der Waals surface area contributed by atoms with Gasteiger partial charge in [-0.1, -0.05) is 19.3 Å². The van der Waals surface area contributed by atoms with E-state index in [9.17, 15) is 9.59 Å². The van der Waals surface area contributed by atoms with Crippen molar-refractivity contribution in [3.8, 4) is 0 Å². The molecule has 108 valence electrons. The molecular weight excluding hydrogens is 264 g/mol. The second-order valence-electron chi connectivity index (χ2n) is 5.63. The van der Waals surface area contributed by atoms with E-state index in [1.165, 1.54) is 19.3 Å². The fourth-order valence-electron chi connectivity index (χ4n) is 3.04. The molecule has 0 aromatic rings. The lowest BCUT2D eigenvalue weighted by molar-refractivity contribution is -0.130. The lowest BCUT2D eigenvalue weighted by atomic mass is 9.88. The van der Waals surface area contributed by atoms with Crippen molar-refractivity contribution in [3.63, 3.8) is 0 Å². The fourth-order valence-corrected chi connectivity index (χ4v) is 3.21. The number of piperidine rings is 1. The summed E-state index contributed by atoms with van der Waals surface area (Å²) in [6, 6.07) is 0.230. The number of carbonyl (C=O) groups is 2. The van der Waals surface area contributed by atoms with Crippen LogP contribution < -0.4 is 5.32 Å². The third kappa shape index (κ3) is 4.10. The zero-order chi connectivity index (χ0) is 13.7. The molecule has 0 bridgehead atoms. The quantitative estimate of drug-likeness (QED) is 0.806. The average Bonchev–Trinajstić information content (AvgIpc) is 2.48. The molecule has 0 spiro atoms. The fraction of sp³-hybridized carbons (Fsp3) is 0.857. The molecule has 2 rings (SSSR count). The highest BCUT2D eigenvalue weighted by Gasteiger charge is 2.26. The number of amides is 2. The summed E-state index contributed by atoms with van der Waals surface area (Å²) in [6.07, 6.45) is 7.40. The topological polar surface area (TPSA) is 49.4 Å². The molecule has 2 amide bonds. The van der Waals surface area contributed by atoms with Crippen LogP contribution in [0.25, 0.3) is 0 Å². The second-order valence-corrected chi connectivity index (χ2v) is 5.90. The molecule has 1 saturated carbocycles. The minimum atomic E-state index is -0.00118. The van der Waals surface area contributed by atoms with Crippen LogP contribution >= 0.6 is 11.6 Å². The molecule has 4 nitrogen and oxygen atoms in total. The highest BCUT2D eigenvalue weighted by Crippen LogP contribution is 2.24.